The molecule has 0 atom stereocenters. The molecule has 4 nitrogen and oxygen atoms in total. The molecule has 2 heterocycles. The highest BCUT2D eigenvalue weighted by Gasteiger charge is 2.41. The smallest absolute Gasteiger partial charge is 0.267 e. The molecule has 2 aliphatic rings. The molecule has 1 aromatic rings. The van der Waals surface area contributed by atoms with E-state index in [4.69, 9.17) is 12.2 Å². The van der Waals surface area contributed by atoms with Gasteiger partial charge in [0, 0.05) is 18.7 Å². The molecule has 1 aromatic carbocycles. The van der Waals surface area contributed by atoms with Gasteiger partial charge in [0.1, 0.15) is 4.32 Å². The van der Waals surface area contributed by atoms with Crippen molar-refractivity contribution in [3.05, 3.63) is 34.7 Å². The maximum atomic E-state index is 13.1. The summed E-state index contributed by atoms with van der Waals surface area (Å²) in [5, 5.41) is 0. The van der Waals surface area contributed by atoms with E-state index in [1.54, 1.807) is 9.80 Å². The minimum Gasteiger partial charge on any atom is -0.308 e. The molecular weight excluding hydrogens is 364 g/mol. The van der Waals surface area contributed by atoms with E-state index >= 15 is 0 Å². The Balaban J connectivity index is 1.96. The third-order valence-corrected chi connectivity index (χ3v) is 6.17. The molecule has 0 bridgehead atoms. The van der Waals surface area contributed by atoms with Crippen LogP contribution < -0.4 is 4.90 Å². The molecule has 0 unspecified atom stereocenters. The Bertz CT molecular complexity index is 773. The number of hydrogen-bond donors (Lipinski definition) is 0. The first kappa shape index (κ1) is 19.1. The van der Waals surface area contributed by atoms with Crippen LogP contribution in [0.2, 0.25) is 0 Å². The van der Waals surface area contributed by atoms with Gasteiger partial charge in [0.05, 0.1) is 16.2 Å². The van der Waals surface area contributed by atoms with E-state index in [0.29, 0.717) is 27.9 Å². The van der Waals surface area contributed by atoms with Crippen LogP contribution in [0.25, 0.3) is 5.57 Å². The fourth-order valence-corrected chi connectivity index (χ4v) is 4.68. The summed E-state index contributed by atoms with van der Waals surface area (Å²) in [5.74, 6) is -0.194. The second kappa shape index (κ2) is 8.35. The zero-order valence-corrected chi connectivity index (χ0v) is 16.9. The van der Waals surface area contributed by atoms with E-state index in [2.05, 4.69) is 13.8 Å². The predicted octanol–water partition coefficient (Wildman–Crippen LogP) is 4.59. The van der Waals surface area contributed by atoms with Crippen molar-refractivity contribution in [3.63, 3.8) is 0 Å². The van der Waals surface area contributed by atoms with Crippen LogP contribution >= 0.6 is 24.0 Å². The average molecular weight is 389 g/mol. The lowest BCUT2D eigenvalue weighted by Gasteiger charge is -2.16. The van der Waals surface area contributed by atoms with Crippen LogP contribution in [0.15, 0.2) is 29.2 Å². The number of thiocarbonyl (C=S) groups is 1. The third kappa shape index (κ3) is 3.45. The van der Waals surface area contributed by atoms with E-state index in [-0.39, 0.29) is 11.8 Å². The van der Waals surface area contributed by atoms with Crippen LogP contribution in [0.1, 0.15) is 51.5 Å². The third-order valence-electron chi connectivity index (χ3n) is 4.72. The van der Waals surface area contributed by atoms with Crippen molar-refractivity contribution >= 4 is 51.4 Å². The first-order chi connectivity index (χ1) is 12.6. The van der Waals surface area contributed by atoms with Gasteiger partial charge in [-0.1, -0.05) is 75.3 Å². The molecule has 3 rings (SSSR count). The maximum absolute atomic E-state index is 13.1. The Morgan fingerprint density at radius 2 is 1.62 bits per heavy atom. The van der Waals surface area contributed by atoms with E-state index in [1.165, 1.54) is 11.8 Å². The van der Waals surface area contributed by atoms with Crippen LogP contribution in [-0.2, 0) is 9.59 Å². The van der Waals surface area contributed by atoms with Gasteiger partial charge in [0.2, 0.25) is 0 Å². The lowest BCUT2D eigenvalue weighted by Crippen LogP contribution is -2.30. The molecule has 1 fully saturated rings. The summed E-state index contributed by atoms with van der Waals surface area (Å²) in [6.07, 6.45) is 5.04. The van der Waals surface area contributed by atoms with Crippen molar-refractivity contribution in [1.82, 2.24) is 4.90 Å². The Kier molecular flexibility index (Phi) is 6.14. The Labute approximate surface area is 164 Å². The Hall–Kier alpha value is -1.66. The van der Waals surface area contributed by atoms with Crippen molar-refractivity contribution in [3.8, 4) is 0 Å². The van der Waals surface area contributed by atoms with Gasteiger partial charge in [0.25, 0.3) is 11.8 Å². The standard InChI is InChI=1S/C20H24N2O2S2/c1-3-5-9-13-22-19(24)17(26-20(22)25)16-14-10-7-8-11-15(14)21(18(16)23)12-6-4-2/h7-8,10-11H,3-6,9,12-13H2,1-2H3. The van der Waals surface area contributed by atoms with Crippen molar-refractivity contribution in [2.45, 2.75) is 46.0 Å². The molecule has 0 saturated carbocycles. The first-order valence-electron chi connectivity index (χ1n) is 9.29. The average Bonchev–Trinajstić information content (AvgIpc) is 3.07. The summed E-state index contributed by atoms with van der Waals surface area (Å²) >= 11 is 6.70. The van der Waals surface area contributed by atoms with Crippen LogP contribution in [-0.4, -0.2) is 34.1 Å². The monoisotopic (exact) mass is 388 g/mol. The zero-order chi connectivity index (χ0) is 18.7. The summed E-state index contributed by atoms with van der Waals surface area (Å²) < 4.78 is 0.561. The van der Waals surface area contributed by atoms with Crippen molar-refractivity contribution < 1.29 is 9.59 Å². The molecule has 26 heavy (non-hydrogen) atoms. The second-order valence-corrected chi connectivity index (χ2v) is 8.21. The molecule has 0 aliphatic carbocycles. The summed E-state index contributed by atoms with van der Waals surface area (Å²) in [6.45, 7) is 5.54. The van der Waals surface area contributed by atoms with Crippen molar-refractivity contribution in [1.29, 1.82) is 0 Å². The van der Waals surface area contributed by atoms with Gasteiger partial charge < -0.3 is 4.90 Å². The molecule has 138 valence electrons. The largest absolute Gasteiger partial charge is 0.308 e. The number of hydrogen-bond acceptors (Lipinski definition) is 4. The van der Waals surface area contributed by atoms with E-state index in [0.717, 1.165) is 43.4 Å². The number of carbonyl (C=O) groups excluding carboxylic acids is 2. The number of fused-ring (bicyclic) bond motifs is 1. The number of carbonyl (C=O) groups is 2. The number of anilines is 1. The van der Waals surface area contributed by atoms with Gasteiger partial charge in [-0.3, -0.25) is 14.5 Å². The minimum absolute atomic E-state index is 0.0753. The molecule has 0 aromatic heterocycles. The predicted molar refractivity (Wildman–Crippen MR) is 112 cm³/mol. The van der Waals surface area contributed by atoms with Crippen molar-refractivity contribution in [2.75, 3.05) is 18.0 Å². The molecular formula is C20H24N2O2S2. The summed E-state index contributed by atoms with van der Waals surface area (Å²) in [7, 11) is 0. The molecule has 2 aliphatic heterocycles. The number of amides is 2. The number of benzene rings is 1. The molecule has 0 N–H and O–H groups in total. The van der Waals surface area contributed by atoms with Gasteiger partial charge in [0.15, 0.2) is 0 Å². The van der Waals surface area contributed by atoms with Crippen LogP contribution in [0.4, 0.5) is 5.69 Å². The fourth-order valence-electron chi connectivity index (χ4n) is 3.30. The highest BCUT2D eigenvalue weighted by Crippen LogP contribution is 2.44. The highest BCUT2D eigenvalue weighted by atomic mass is 32.2. The number of rotatable bonds is 7. The van der Waals surface area contributed by atoms with Gasteiger partial charge in [-0.2, -0.15) is 0 Å². The molecule has 0 radical (unpaired) electrons. The van der Waals surface area contributed by atoms with Gasteiger partial charge >= 0.3 is 0 Å². The van der Waals surface area contributed by atoms with Gasteiger partial charge in [-0.05, 0) is 18.9 Å². The molecule has 0 spiro atoms. The second-order valence-electron chi connectivity index (χ2n) is 6.56. The minimum atomic E-state index is -0.119. The van der Waals surface area contributed by atoms with E-state index in [9.17, 15) is 9.59 Å². The zero-order valence-electron chi connectivity index (χ0n) is 15.3. The topological polar surface area (TPSA) is 40.6 Å². The summed E-state index contributed by atoms with van der Waals surface area (Å²) in [6, 6.07) is 7.73. The van der Waals surface area contributed by atoms with E-state index in [1.807, 2.05) is 24.3 Å². The highest BCUT2D eigenvalue weighted by molar-refractivity contribution is 8.26. The normalized spacial score (nSPS) is 19.7. The lowest BCUT2D eigenvalue weighted by atomic mass is 10.1. The summed E-state index contributed by atoms with van der Waals surface area (Å²) in [4.78, 5) is 30.0. The Morgan fingerprint density at radius 1 is 0.923 bits per heavy atom. The molecule has 1 saturated heterocycles. The number of thioether (sulfide) groups is 1. The van der Waals surface area contributed by atoms with Gasteiger partial charge in [-0.25, -0.2) is 0 Å². The lowest BCUT2D eigenvalue weighted by molar-refractivity contribution is -0.122. The van der Waals surface area contributed by atoms with Crippen LogP contribution in [0.3, 0.4) is 0 Å². The van der Waals surface area contributed by atoms with Gasteiger partial charge in [-0.15, -0.1) is 0 Å². The quantitative estimate of drug-likeness (QED) is 0.389. The van der Waals surface area contributed by atoms with Crippen molar-refractivity contribution in [2.24, 2.45) is 0 Å². The number of para-hydroxylation sites is 1. The van der Waals surface area contributed by atoms with E-state index < -0.39 is 0 Å². The number of nitrogens with zero attached hydrogens (tertiary/aromatic N) is 2. The maximum Gasteiger partial charge on any atom is 0.267 e. The molecule has 6 heteroatoms. The van der Waals surface area contributed by atoms with Crippen LogP contribution in [0, 0.1) is 0 Å². The number of unbranched alkanes of at least 4 members (excludes halogenated alkanes) is 3. The SMILES string of the molecule is CCCCCN1C(=O)C(=C2C(=O)N(CCCC)c3ccccc32)SC1=S. The summed E-state index contributed by atoms with van der Waals surface area (Å²) in [5.41, 5.74) is 2.27. The fraction of sp³-hybridized carbons (Fsp3) is 0.450. The molecule has 2 amide bonds. The first-order valence-corrected chi connectivity index (χ1v) is 10.5. The van der Waals surface area contributed by atoms with Crippen LogP contribution in [0.5, 0.6) is 0 Å². The Morgan fingerprint density at radius 3 is 2.35 bits per heavy atom.